The van der Waals surface area contributed by atoms with Gasteiger partial charge in [0.05, 0.1) is 7.11 Å². The van der Waals surface area contributed by atoms with Gasteiger partial charge in [-0.05, 0) is 34.4 Å². The zero-order valence-electron chi connectivity index (χ0n) is 17.4. The number of hydrogen-bond acceptors (Lipinski definition) is 3. The Bertz CT molecular complexity index is 1010. The summed E-state index contributed by atoms with van der Waals surface area (Å²) < 4.78 is 11.2. The molecule has 0 N–H and O–H groups in total. The zero-order valence-corrected chi connectivity index (χ0v) is 17.4. The van der Waals surface area contributed by atoms with E-state index < -0.39 is 5.41 Å². The van der Waals surface area contributed by atoms with Crippen LogP contribution in [0.25, 0.3) is 0 Å². The highest BCUT2D eigenvalue weighted by atomic mass is 16.5. The molecular formula is C28H24O3. The van der Waals surface area contributed by atoms with E-state index in [-0.39, 0.29) is 12.6 Å². The second kappa shape index (κ2) is 9.31. The van der Waals surface area contributed by atoms with Crippen LogP contribution in [0.3, 0.4) is 0 Å². The third kappa shape index (κ3) is 4.08. The Labute approximate surface area is 182 Å². The highest BCUT2D eigenvalue weighted by molar-refractivity contribution is 5.92. The molecule has 0 spiro atoms. The Balaban J connectivity index is 1.80. The molecule has 0 heterocycles. The molecule has 4 aromatic carbocycles. The lowest BCUT2D eigenvalue weighted by atomic mass is 9.69. The van der Waals surface area contributed by atoms with Crippen molar-refractivity contribution in [3.63, 3.8) is 0 Å². The number of hydrogen-bond donors (Lipinski definition) is 0. The Morgan fingerprint density at radius 3 is 1.45 bits per heavy atom. The molecule has 0 amide bonds. The normalized spacial score (nSPS) is 11.0. The maximum atomic E-state index is 13.9. The first kappa shape index (κ1) is 20.4. The smallest absolute Gasteiger partial charge is 0.325 e. The fourth-order valence-corrected chi connectivity index (χ4v) is 3.90. The van der Waals surface area contributed by atoms with Gasteiger partial charge in [0.1, 0.15) is 17.8 Å². The molecule has 0 aliphatic carbocycles. The summed E-state index contributed by atoms with van der Waals surface area (Å²) in [7, 11) is 1.63. The maximum absolute atomic E-state index is 13.9. The van der Waals surface area contributed by atoms with Crippen molar-refractivity contribution in [3.05, 3.63) is 138 Å². The summed E-state index contributed by atoms with van der Waals surface area (Å²) >= 11 is 0. The average Bonchev–Trinajstić information content (AvgIpc) is 2.85. The van der Waals surface area contributed by atoms with E-state index in [2.05, 4.69) is 0 Å². The molecule has 0 bridgehead atoms. The lowest BCUT2D eigenvalue weighted by Crippen LogP contribution is -2.40. The first-order valence-corrected chi connectivity index (χ1v) is 10.2. The summed E-state index contributed by atoms with van der Waals surface area (Å²) in [5.74, 6) is 0.453. The standard InChI is InChI=1S/C28H24O3/c1-30-26-19-17-22(18-20-26)21-31-27(29)28(23-11-5-2-6-12-23,24-13-7-3-8-14-24)25-15-9-4-10-16-25/h2-20H,21H2,1H3. The second-order valence-electron chi connectivity index (χ2n) is 7.27. The third-order valence-corrected chi connectivity index (χ3v) is 5.46. The maximum Gasteiger partial charge on any atom is 0.325 e. The Hall–Kier alpha value is -3.85. The lowest BCUT2D eigenvalue weighted by Gasteiger charge is -2.33. The molecule has 4 rings (SSSR count). The van der Waals surface area contributed by atoms with Gasteiger partial charge in [-0.1, -0.05) is 103 Å². The molecule has 0 aliphatic rings. The monoisotopic (exact) mass is 408 g/mol. The number of carbonyl (C=O) groups excluding carboxylic acids is 1. The van der Waals surface area contributed by atoms with E-state index in [0.717, 1.165) is 28.0 Å². The van der Waals surface area contributed by atoms with Crippen LogP contribution >= 0.6 is 0 Å². The zero-order chi connectivity index (χ0) is 21.5. The highest BCUT2D eigenvalue weighted by Gasteiger charge is 2.45. The molecule has 31 heavy (non-hydrogen) atoms. The van der Waals surface area contributed by atoms with Gasteiger partial charge in [-0.15, -0.1) is 0 Å². The van der Waals surface area contributed by atoms with Crippen molar-refractivity contribution in [3.8, 4) is 5.75 Å². The fraction of sp³-hybridized carbons (Fsp3) is 0.107. The SMILES string of the molecule is COc1ccc(COC(=O)C(c2ccccc2)(c2ccccc2)c2ccccc2)cc1. The minimum atomic E-state index is -1.07. The van der Waals surface area contributed by atoms with Crippen LogP contribution in [0, 0.1) is 0 Å². The van der Waals surface area contributed by atoms with Crippen molar-refractivity contribution in [2.75, 3.05) is 7.11 Å². The van der Waals surface area contributed by atoms with Crippen LogP contribution in [0.4, 0.5) is 0 Å². The topological polar surface area (TPSA) is 35.5 Å². The number of carbonyl (C=O) groups is 1. The van der Waals surface area contributed by atoms with Gasteiger partial charge in [-0.2, -0.15) is 0 Å². The molecule has 0 unspecified atom stereocenters. The minimum Gasteiger partial charge on any atom is -0.497 e. The van der Waals surface area contributed by atoms with Gasteiger partial charge in [-0.25, -0.2) is 0 Å². The van der Waals surface area contributed by atoms with E-state index in [1.807, 2.05) is 115 Å². The van der Waals surface area contributed by atoms with Gasteiger partial charge in [-0.3, -0.25) is 4.79 Å². The van der Waals surface area contributed by atoms with Crippen molar-refractivity contribution in [1.29, 1.82) is 0 Å². The summed E-state index contributed by atoms with van der Waals surface area (Å²) in [5, 5.41) is 0. The Kier molecular flexibility index (Phi) is 6.13. The van der Waals surface area contributed by atoms with Crippen molar-refractivity contribution >= 4 is 5.97 Å². The van der Waals surface area contributed by atoms with Gasteiger partial charge in [0, 0.05) is 0 Å². The molecule has 3 heteroatoms. The lowest BCUT2D eigenvalue weighted by molar-refractivity contribution is -0.148. The summed E-state index contributed by atoms with van der Waals surface area (Å²) in [6.07, 6.45) is 0. The number of rotatable bonds is 7. The number of ether oxygens (including phenoxy) is 2. The second-order valence-corrected chi connectivity index (χ2v) is 7.27. The summed E-state index contributed by atoms with van der Waals surface area (Å²) in [5.41, 5.74) is 2.43. The molecule has 0 aliphatic heterocycles. The summed E-state index contributed by atoms with van der Waals surface area (Å²) in [6.45, 7) is 0.178. The Morgan fingerprint density at radius 1 is 0.645 bits per heavy atom. The molecule has 0 atom stereocenters. The van der Waals surface area contributed by atoms with E-state index >= 15 is 0 Å². The molecular weight excluding hydrogens is 384 g/mol. The highest BCUT2D eigenvalue weighted by Crippen LogP contribution is 2.40. The number of esters is 1. The van der Waals surface area contributed by atoms with E-state index in [0.29, 0.717) is 0 Å². The molecule has 4 aromatic rings. The average molecular weight is 408 g/mol. The van der Waals surface area contributed by atoms with Crippen LogP contribution in [0.5, 0.6) is 5.75 Å². The van der Waals surface area contributed by atoms with Crippen LogP contribution in [0.1, 0.15) is 22.3 Å². The van der Waals surface area contributed by atoms with Crippen molar-refractivity contribution in [1.82, 2.24) is 0 Å². The molecule has 0 aromatic heterocycles. The Morgan fingerprint density at radius 2 is 1.06 bits per heavy atom. The van der Waals surface area contributed by atoms with Crippen LogP contribution < -0.4 is 4.74 Å². The van der Waals surface area contributed by atoms with Crippen LogP contribution in [0.15, 0.2) is 115 Å². The molecule has 0 fully saturated rings. The van der Waals surface area contributed by atoms with Gasteiger partial charge in [0.2, 0.25) is 0 Å². The molecule has 154 valence electrons. The molecule has 0 saturated heterocycles. The van der Waals surface area contributed by atoms with Gasteiger partial charge in [0.15, 0.2) is 0 Å². The molecule has 3 nitrogen and oxygen atoms in total. The van der Waals surface area contributed by atoms with E-state index in [4.69, 9.17) is 9.47 Å². The first-order valence-electron chi connectivity index (χ1n) is 10.2. The fourth-order valence-electron chi connectivity index (χ4n) is 3.90. The predicted molar refractivity (Wildman–Crippen MR) is 122 cm³/mol. The van der Waals surface area contributed by atoms with Crippen LogP contribution in [0.2, 0.25) is 0 Å². The molecule has 0 saturated carbocycles. The van der Waals surface area contributed by atoms with E-state index in [9.17, 15) is 4.79 Å². The van der Waals surface area contributed by atoms with E-state index in [1.54, 1.807) is 7.11 Å². The van der Waals surface area contributed by atoms with Gasteiger partial charge in [0.25, 0.3) is 0 Å². The molecule has 0 radical (unpaired) electrons. The van der Waals surface area contributed by atoms with Crippen molar-refractivity contribution in [2.45, 2.75) is 12.0 Å². The van der Waals surface area contributed by atoms with Gasteiger partial charge >= 0.3 is 5.97 Å². The van der Waals surface area contributed by atoms with Crippen LogP contribution in [-0.4, -0.2) is 13.1 Å². The number of methoxy groups -OCH3 is 1. The largest absolute Gasteiger partial charge is 0.497 e. The van der Waals surface area contributed by atoms with E-state index in [1.165, 1.54) is 0 Å². The summed E-state index contributed by atoms with van der Waals surface area (Å²) in [4.78, 5) is 13.9. The first-order chi connectivity index (χ1) is 15.2. The van der Waals surface area contributed by atoms with Crippen molar-refractivity contribution in [2.24, 2.45) is 0 Å². The predicted octanol–water partition coefficient (Wildman–Crippen LogP) is 5.77. The van der Waals surface area contributed by atoms with Crippen LogP contribution in [-0.2, 0) is 21.6 Å². The number of benzene rings is 4. The quantitative estimate of drug-likeness (QED) is 0.288. The summed E-state index contributed by atoms with van der Waals surface area (Å²) in [6, 6.07) is 37.0. The van der Waals surface area contributed by atoms with Gasteiger partial charge < -0.3 is 9.47 Å². The minimum absolute atomic E-state index is 0.178. The van der Waals surface area contributed by atoms with Crippen molar-refractivity contribution < 1.29 is 14.3 Å². The third-order valence-electron chi connectivity index (χ3n) is 5.46.